The van der Waals surface area contributed by atoms with E-state index in [4.69, 9.17) is 4.74 Å². The average Bonchev–Trinajstić information content (AvgIpc) is 2.43. The molecule has 5 nitrogen and oxygen atoms in total. The Hall–Kier alpha value is -2.69. The van der Waals surface area contributed by atoms with Crippen LogP contribution in [0, 0.1) is 13.8 Å². The van der Waals surface area contributed by atoms with Crippen LogP contribution in [0.4, 0.5) is 5.69 Å². The number of ether oxygens (including phenoxy) is 1. The zero-order valence-corrected chi connectivity index (χ0v) is 12.8. The number of amides is 1. The molecular formula is C17H18N2O3. The van der Waals surface area contributed by atoms with Gasteiger partial charge in [-0.15, -0.1) is 0 Å². The minimum atomic E-state index is -0.350. The topological polar surface area (TPSA) is 68.3 Å². The molecule has 2 aromatic rings. The molecule has 114 valence electrons. The zero-order valence-electron chi connectivity index (χ0n) is 12.8. The standard InChI is InChI=1S/C17H18N2O3/c1-11-4-6-15(12(2)8-11)22-17-7-5-14(10-18-17)19-16(21)9-13(3)20/h4-8,10H,9H2,1-3H3,(H,19,21). The number of aromatic nitrogens is 1. The van der Waals surface area contributed by atoms with Crippen molar-refractivity contribution >= 4 is 17.4 Å². The molecule has 0 radical (unpaired) electrons. The predicted octanol–water partition coefficient (Wildman–Crippen LogP) is 3.41. The summed E-state index contributed by atoms with van der Waals surface area (Å²) >= 11 is 0. The van der Waals surface area contributed by atoms with Crippen molar-refractivity contribution in [1.82, 2.24) is 4.98 Å². The minimum absolute atomic E-state index is 0.138. The number of ketones is 1. The molecule has 0 aliphatic rings. The largest absolute Gasteiger partial charge is 0.439 e. The first-order valence-electron chi connectivity index (χ1n) is 6.94. The van der Waals surface area contributed by atoms with Crippen LogP contribution >= 0.6 is 0 Å². The van der Waals surface area contributed by atoms with E-state index in [0.29, 0.717) is 11.6 Å². The van der Waals surface area contributed by atoms with E-state index in [-0.39, 0.29) is 18.1 Å². The summed E-state index contributed by atoms with van der Waals surface area (Å²) in [6.07, 6.45) is 1.36. The molecule has 0 aliphatic heterocycles. The highest BCUT2D eigenvalue weighted by Crippen LogP contribution is 2.24. The minimum Gasteiger partial charge on any atom is -0.439 e. The lowest BCUT2D eigenvalue weighted by atomic mass is 10.1. The molecule has 2 rings (SSSR count). The van der Waals surface area contributed by atoms with Gasteiger partial charge in [0.25, 0.3) is 0 Å². The van der Waals surface area contributed by atoms with Crippen molar-refractivity contribution in [3.8, 4) is 11.6 Å². The normalized spacial score (nSPS) is 10.1. The summed E-state index contributed by atoms with van der Waals surface area (Å²) in [6, 6.07) is 9.26. The SMILES string of the molecule is CC(=O)CC(=O)Nc1ccc(Oc2ccc(C)cc2C)nc1. The number of hydrogen-bond donors (Lipinski definition) is 1. The van der Waals surface area contributed by atoms with Crippen molar-refractivity contribution < 1.29 is 14.3 Å². The summed E-state index contributed by atoms with van der Waals surface area (Å²) in [5.74, 6) is 0.653. The Morgan fingerprint density at radius 1 is 1.18 bits per heavy atom. The second kappa shape index (κ2) is 6.85. The molecule has 1 N–H and O–H groups in total. The molecule has 0 bridgehead atoms. The number of pyridine rings is 1. The number of Topliss-reactive ketones (excluding diaryl/α,β-unsaturated/α-hetero) is 1. The number of nitrogens with one attached hydrogen (secondary N) is 1. The highest BCUT2D eigenvalue weighted by molar-refractivity contribution is 6.03. The molecule has 0 fully saturated rings. The third-order valence-corrected chi connectivity index (χ3v) is 2.97. The van der Waals surface area contributed by atoms with Gasteiger partial charge in [0.1, 0.15) is 11.5 Å². The molecule has 5 heteroatoms. The number of nitrogens with zero attached hydrogens (tertiary/aromatic N) is 1. The molecule has 22 heavy (non-hydrogen) atoms. The fourth-order valence-corrected chi connectivity index (χ4v) is 1.97. The van der Waals surface area contributed by atoms with Gasteiger partial charge in [-0.25, -0.2) is 4.98 Å². The maximum Gasteiger partial charge on any atom is 0.231 e. The molecule has 1 heterocycles. The van der Waals surface area contributed by atoms with Gasteiger partial charge >= 0.3 is 0 Å². The second-order valence-corrected chi connectivity index (χ2v) is 5.18. The van der Waals surface area contributed by atoms with Crippen LogP contribution in [0.15, 0.2) is 36.5 Å². The summed E-state index contributed by atoms with van der Waals surface area (Å²) in [5, 5.41) is 2.61. The Morgan fingerprint density at radius 3 is 2.55 bits per heavy atom. The zero-order chi connectivity index (χ0) is 16.1. The van der Waals surface area contributed by atoms with E-state index >= 15 is 0 Å². The van der Waals surface area contributed by atoms with E-state index in [0.717, 1.165) is 11.3 Å². The van der Waals surface area contributed by atoms with E-state index in [1.54, 1.807) is 12.1 Å². The van der Waals surface area contributed by atoms with Gasteiger partial charge in [-0.05, 0) is 38.5 Å². The van der Waals surface area contributed by atoms with Gasteiger partial charge in [-0.3, -0.25) is 9.59 Å². The van der Waals surface area contributed by atoms with Crippen LogP contribution in [0.3, 0.4) is 0 Å². The maximum absolute atomic E-state index is 11.5. The van der Waals surface area contributed by atoms with Gasteiger partial charge in [0.2, 0.25) is 11.8 Å². The smallest absolute Gasteiger partial charge is 0.231 e. The van der Waals surface area contributed by atoms with Crippen molar-refractivity contribution in [1.29, 1.82) is 0 Å². The Bertz CT molecular complexity index is 694. The maximum atomic E-state index is 11.5. The van der Waals surface area contributed by atoms with Gasteiger partial charge in [-0.1, -0.05) is 17.7 Å². The van der Waals surface area contributed by atoms with Crippen LogP contribution in [0.1, 0.15) is 24.5 Å². The Morgan fingerprint density at radius 2 is 1.95 bits per heavy atom. The van der Waals surface area contributed by atoms with Gasteiger partial charge in [0, 0.05) is 6.07 Å². The average molecular weight is 298 g/mol. The second-order valence-electron chi connectivity index (χ2n) is 5.18. The van der Waals surface area contributed by atoms with Crippen LogP contribution in [0.5, 0.6) is 11.6 Å². The van der Waals surface area contributed by atoms with E-state index in [2.05, 4.69) is 10.3 Å². The van der Waals surface area contributed by atoms with Gasteiger partial charge in [0.05, 0.1) is 18.3 Å². The molecular weight excluding hydrogens is 280 g/mol. The number of anilines is 1. The first-order chi connectivity index (χ1) is 10.4. The van der Waals surface area contributed by atoms with E-state index < -0.39 is 0 Å². The molecule has 1 amide bonds. The quantitative estimate of drug-likeness (QED) is 0.859. The van der Waals surface area contributed by atoms with Crippen LogP contribution in [-0.4, -0.2) is 16.7 Å². The van der Waals surface area contributed by atoms with Gasteiger partial charge in [-0.2, -0.15) is 0 Å². The lowest BCUT2D eigenvalue weighted by molar-refractivity contribution is -0.124. The molecule has 0 aliphatic carbocycles. The van der Waals surface area contributed by atoms with Crippen molar-refractivity contribution in [3.63, 3.8) is 0 Å². The van der Waals surface area contributed by atoms with Crippen LogP contribution < -0.4 is 10.1 Å². The van der Waals surface area contributed by atoms with E-state index in [1.165, 1.54) is 18.7 Å². The Balaban J connectivity index is 2.02. The van der Waals surface area contributed by atoms with E-state index in [9.17, 15) is 9.59 Å². The van der Waals surface area contributed by atoms with Crippen LogP contribution in [0.2, 0.25) is 0 Å². The summed E-state index contributed by atoms with van der Waals surface area (Å²) in [7, 11) is 0. The Kier molecular flexibility index (Phi) is 4.88. The van der Waals surface area contributed by atoms with Crippen molar-refractivity contribution in [2.24, 2.45) is 0 Å². The van der Waals surface area contributed by atoms with E-state index in [1.807, 2.05) is 32.0 Å². The molecule has 0 saturated carbocycles. The van der Waals surface area contributed by atoms with Gasteiger partial charge < -0.3 is 10.1 Å². The molecule has 1 aromatic carbocycles. The summed E-state index contributed by atoms with van der Waals surface area (Å²) in [5.41, 5.74) is 2.72. The molecule has 0 saturated heterocycles. The number of carbonyl (C=O) groups excluding carboxylic acids is 2. The highest BCUT2D eigenvalue weighted by atomic mass is 16.5. The van der Waals surface area contributed by atoms with Crippen molar-refractivity contribution in [3.05, 3.63) is 47.7 Å². The van der Waals surface area contributed by atoms with Crippen molar-refractivity contribution in [2.75, 3.05) is 5.32 Å². The summed E-state index contributed by atoms with van der Waals surface area (Å²) < 4.78 is 5.71. The Labute approximate surface area is 129 Å². The third-order valence-electron chi connectivity index (χ3n) is 2.97. The monoisotopic (exact) mass is 298 g/mol. The third kappa shape index (κ3) is 4.41. The molecule has 1 aromatic heterocycles. The van der Waals surface area contributed by atoms with Crippen LogP contribution in [0.25, 0.3) is 0 Å². The first kappa shape index (κ1) is 15.7. The summed E-state index contributed by atoms with van der Waals surface area (Å²) in [4.78, 5) is 26.5. The number of hydrogen-bond acceptors (Lipinski definition) is 4. The number of rotatable bonds is 5. The lowest BCUT2D eigenvalue weighted by Gasteiger charge is -2.09. The first-order valence-corrected chi connectivity index (χ1v) is 6.94. The van der Waals surface area contributed by atoms with Gasteiger partial charge in [0.15, 0.2) is 0 Å². The number of aryl methyl sites for hydroxylation is 2. The lowest BCUT2D eigenvalue weighted by Crippen LogP contribution is -2.14. The van der Waals surface area contributed by atoms with Crippen LogP contribution in [-0.2, 0) is 9.59 Å². The molecule has 0 spiro atoms. The number of benzene rings is 1. The highest BCUT2D eigenvalue weighted by Gasteiger charge is 2.07. The summed E-state index contributed by atoms with van der Waals surface area (Å²) in [6.45, 7) is 5.37. The fraction of sp³-hybridized carbons (Fsp3) is 0.235. The fourth-order valence-electron chi connectivity index (χ4n) is 1.97. The molecule has 0 atom stereocenters. The number of carbonyl (C=O) groups is 2. The predicted molar refractivity (Wildman–Crippen MR) is 84.2 cm³/mol. The van der Waals surface area contributed by atoms with Crippen molar-refractivity contribution in [2.45, 2.75) is 27.2 Å². The molecule has 0 unspecified atom stereocenters.